The standard InChI is InChI=1S/C7H6ClF2NO2S/c1-11-14(12,13)7-3-6(10)5(9)2-4(7)8/h2-3,11H,1H3. The van der Waals surface area contributed by atoms with Crippen LogP contribution in [0.2, 0.25) is 5.02 Å². The number of sulfonamides is 1. The zero-order valence-electron chi connectivity index (χ0n) is 7.01. The third kappa shape index (κ3) is 2.02. The predicted molar refractivity (Wildman–Crippen MR) is 47.6 cm³/mol. The van der Waals surface area contributed by atoms with Crippen LogP contribution in [0, 0.1) is 11.6 Å². The second-order valence-electron chi connectivity index (χ2n) is 2.40. The normalized spacial score (nSPS) is 11.7. The van der Waals surface area contributed by atoms with E-state index in [1.165, 1.54) is 0 Å². The lowest BCUT2D eigenvalue weighted by Gasteiger charge is -2.04. The maximum atomic E-state index is 12.7. The van der Waals surface area contributed by atoms with Crippen molar-refractivity contribution in [1.82, 2.24) is 4.72 Å². The molecule has 0 aliphatic rings. The lowest BCUT2D eigenvalue weighted by Crippen LogP contribution is -2.19. The molecule has 0 aliphatic carbocycles. The molecule has 0 aliphatic heterocycles. The zero-order chi connectivity index (χ0) is 10.9. The van der Waals surface area contributed by atoms with E-state index < -0.39 is 26.6 Å². The highest BCUT2D eigenvalue weighted by Gasteiger charge is 2.18. The van der Waals surface area contributed by atoms with Crippen LogP contribution in [-0.2, 0) is 10.0 Å². The van der Waals surface area contributed by atoms with E-state index in [0.717, 1.165) is 7.05 Å². The first kappa shape index (κ1) is 11.4. The quantitative estimate of drug-likeness (QED) is 0.798. The van der Waals surface area contributed by atoms with Crippen molar-refractivity contribution in [3.8, 4) is 0 Å². The minimum Gasteiger partial charge on any atom is -0.214 e. The van der Waals surface area contributed by atoms with Gasteiger partial charge in [0.1, 0.15) is 4.90 Å². The molecule has 0 atom stereocenters. The Morgan fingerprint density at radius 1 is 1.29 bits per heavy atom. The topological polar surface area (TPSA) is 46.2 Å². The van der Waals surface area contributed by atoms with E-state index in [-0.39, 0.29) is 5.02 Å². The number of hydrogen-bond donors (Lipinski definition) is 1. The van der Waals surface area contributed by atoms with E-state index in [2.05, 4.69) is 0 Å². The van der Waals surface area contributed by atoms with Gasteiger partial charge in [-0.1, -0.05) is 11.6 Å². The highest BCUT2D eigenvalue weighted by atomic mass is 35.5. The van der Waals surface area contributed by atoms with Gasteiger partial charge in [-0.05, 0) is 19.2 Å². The SMILES string of the molecule is CNS(=O)(=O)c1cc(F)c(F)cc1Cl. The third-order valence-corrected chi connectivity index (χ3v) is 3.41. The van der Waals surface area contributed by atoms with Gasteiger partial charge in [0.25, 0.3) is 0 Å². The molecule has 0 unspecified atom stereocenters. The summed E-state index contributed by atoms with van der Waals surface area (Å²) in [5, 5.41) is -0.363. The Hall–Kier alpha value is -0.720. The second-order valence-corrected chi connectivity index (χ2v) is 4.67. The summed E-state index contributed by atoms with van der Waals surface area (Å²) in [6.45, 7) is 0. The Morgan fingerprint density at radius 3 is 2.29 bits per heavy atom. The molecule has 3 nitrogen and oxygen atoms in total. The lowest BCUT2D eigenvalue weighted by molar-refractivity contribution is 0.504. The molecule has 0 fully saturated rings. The molecular formula is C7H6ClF2NO2S. The van der Waals surface area contributed by atoms with Gasteiger partial charge in [0.2, 0.25) is 10.0 Å². The summed E-state index contributed by atoms with van der Waals surface area (Å²) in [6, 6.07) is 1.14. The number of nitrogens with one attached hydrogen (secondary N) is 1. The van der Waals surface area contributed by atoms with Crippen LogP contribution in [0.4, 0.5) is 8.78 Å². The molecule has 0 spiro atoms. The summed E-state index contributed by atoms with van der Waals surface area (Å²) in [4.78, 5) is -0.486. The average Bonchev–Trinajstić information content (AvgIpc) is 2.11. The molecule has 0 aromatic heterocycles. The molecule has 0 saturated carbocycles. The van der Waals surface area contributed by atoms with Crippen molar-refractivity contribution in [2.75, 3.05) is 7.05 Å². The molecule has 78 valence electrons. The van der Waals surface area contributed by atoms with Crippen LogP contribution in [0.1, 0.15) is 0 Å². The summed E-state index contributed by atoms with van der Waals surface area (Å²) in [6.07, 6.45) is 0. The summed E-state index contributed by atoms with van der Waals surface area (Å²) >= 11 is 5.44. The van der Waals surface area contributed by atoms with Gasteiger partial charge in [0, 0.05) is 0 Å². The lowest BCUT2D eigenvalue weighted by atomic mass is 10.3. The maximum Gasteiger partial charge on any atom is 0.241 e. The van der Waals surface area contributed by atoms with Gasteiger partial charge in [0.15, 0.2) is 11.6 Å². The Bertz CT molecular complexity index is 461. The van der Waals surface area contributed by atoms with Crippen LogP contribution in [0.15, 0.2) is 17.0 Å². The van der Waals surface area contributed by atoms with E-state index in [4.69, 9.17) is 11.6 Å². The van der Waals surface area contributed by atoms with Gasteiger partial charge in [-0.25, -0.2) is 21.9 Å². The molecule has 0 amide bonds. The molecule has 1 aromatic carbocycles. The van der Waals surface area contributed by atoms with Crippen molar-refractivity contribution < 1.29 is 17.2 Å². The molecule has 1 aromatic rings. The van der Waals surface area contributed by atoms with Gasteiger partial charge in [0.05, 0.1) is 5.02 Å². The smallest absolute Gasteiger partial charge is 0.214 e. The Kier molecular flexibility index (Phi) is 3.08. The van der Waals surface area contributed by atoms with E-state index in [1.807, 2.05) is 4.72 Å². The van der Waals surface area contributed by atoms with E-state index in [0.29, 0.717) is 12.1 Å². The van der Waals surface area contributed by atoms with Gasteiger partial charge >= 0.3 is 0 Å². The van der Waals surface area contributed by atoms with Crippen molar-refractivity contribution in [3.63, 3.8) is 0 Å². The van der Waals surface area contributed by atoms with Crippen molar-refractivity contribution in [3.05, 3.63) is 28.8 Å². The highest BCUT2D eigenvalue weighted by molar-refractivity contribution is 7.89. The molecular weight excluding hydrogens is 236 g/mol. The van der Waals surface area contributed by atoms with Gasteiger partial charge in [-0.3, -0.25) is 0 Å². The Balaban J connectivity index is 3.45. The first-order valence-electron chi connectivity index (χ1n) is 3.46. The average molecular weight is 242 g/mol. The largest absolute Gasteiger partial charge is 0.241 e. The summed E-state index contributed by atoms with van der Waals surface area (Å²) < 4.78 is 49.6. The van der Waals surface area contributed by atoms with E-state index in [9.17, 15) is 17.2 Å². The van der Waals surface area contributed by atoms with Crippen molar-refractivity contribution in [2.24, 2.45) is 0 Å². The molecule has 0 bridgehead atoms. The van der Waals surface area contributed by atoms with E-state index >= 15 is 0 Å². The van der Waals surface area contributed by atoms with Crippen LogP contribution in [0.5, 0.6) is 0 Å². The van der Waals surface area contributed by atoms with E-state index in [1.54, 1.807) is 0 Å². The maximum absolute atomic E-state index is 12.7. The number of halogens is 3. The van der Waals surface area contributed by atoms with Crippen LogP contribution in [-0.4, -0.2) is 15.5 Å². The fourth-order valence-electron chi connectivity index (χ4n) is 0.820. The number of hydrogen-bond acceptors (Lipinski definition) is 2. The zero-order valence-corrected chi connectivity index (χ0v) is 8.59. The predicted octanol–water partition coefficient (Wildman–Crippen LogP) is 1.53. The van der Waals surface area contributed by atoms with Gasteiger partial charge in [-0.15, -0.1) is 0 Å². The minimum absolute atomic E-state index is 0.363. The Labute approximate surface area is 84.7 Å². The second kappa shape index (κ2) is 3.80. The molecule has 1 N–H and O–H groups in total. The number of benzene rings is 1. The molecule has 0 radical (unpaired) electrons. The highest BCUT2D eigenvalue weighted by Crippen LogP contribution is 2.23. The van der Waals surface area contributed by atoms with Crippen molar-refractivity contribution in [1.29, 1.82) is 0 Å². The molecule has 0 heterocycles. The monoisotopic (exact) mass is 241 g/mol. The fraction of sp³-hybridized carbons (Fsp3) is 0.143. The third-order valence-electron chi connectivity index (χ3n) is 1.53. The fourth-order valence-corrected chi connectivity index (χ4v) is 2.07. The minimum atomic E-state index is -3.86. The first-order chi connectivity index (χ1) is 6.38. The Morgan fingerprint density at radius 2 is 1.79 bits per heavy atom. The molecule has 14 heavy (non-hydrogen) atoms. The van der Waals surface area contributed by atoms with Crippen molar-refractivity contribution >= 4 is 21.6 Å². The van der Waals surface area contributed by atoms with Gasteiger partial charge < -0.3 is 0 Å². The van der Waals surface area contributed by atoms with Crippen LogP contribution in [0.25, 0.3) is 0 Å². The first-order valence-corrected chi connectivity index (χ1v) is 5.32. The van der Waals surface area contributed by atoms with Crippen molar-refractivity contribution in [2.45, 2.75) is 4.90 Å². The van der Waals surface area contributed by atoms with Crippen LogP contribution >= 0.6 is 11.6 Å². The summed E-state index contributed by atoms with van der Waals surface area (Å²) in [5.41, 5.74) is 0. The number of rotatable bonds is 2. The molecule has 1 rings (SSSR count). The summed E-state index contributed by atoms with van der Waals surface area (Å²) in [7, 11) is -2.71. The van der Waals surface area contributed by atoms with Crippen LogP contribution < -0.4 is 4.72 Å². The molecule has 7 heteroatoms. The molecule has 0 saturated heterocycles. The van der Waals surface area contributed by atoms with Crippen LogP contribution in [0.3, 0.4) is 0 Å². The summed E-state index contributed by atoms with van der Waals surface area (Å²) in [5.74, 6) is -2.45. The van der Waals surface area contributed by atoms with Gasteiger partial charge in [-0.2, -0.15) is 0 Å².